The lowest BCUT2D eigenvalue weighted by Crippen LogP contribution is -2.22. The summed E-state index contributed by atoms with van der Waals surface area (Å²) in [6.45, 7) is 6.01. The van der Waals surface area contributed by atoms with Gasteiger partial charge < -0.3 is 5.32 Å². The number of nitrogens with one attached hydrogen (secondary N) is 1. The van der Waals surface area contributed by atoms with Gasteiger partial charge in [0.15, 0.2) is 15.9 Å². The lowest BCUT2D eigenvalue weighted by molar-refractivity contribution is -0.115. The van der Waals surface area contributed by atoms with Crippen LogP contribution in [0.1, 0.15) is 18.1 Å². The van der Waals surface area contributed by atoms with E-state index in [0.717, 1.165) is 22.3 Å². The minimum atomic E-state index is -0.327. The largest absolute Gasteiger partial charge is 0.301 e. The van der Waals surface area contributed by atoms with Crippen LogP contribution in [-0.2, 0) is 4.79 Å². The highest BCUT2D eigenvalue weighted by molar-refractivity contribution is 8.00. The second-order valence-electron chi connectivity index (χ2n) is 6.06. The molecule has 0 radical (unpaired) electrons. The van der Waals surface area contributed by atoms with Crippen LogP contribution in [0.3, 0.4) is 0 Å². The van der Waals surface area contributed by atoms with Gasteiger partial charge in [-0.05, 0) is 38.0 Å². The zero-order chi connectivity index (χ0) is 18.3. The Balaban J connectivity index is 1.72. The molecule has 3 heterocycles. The summed E-state index contributed by atoms with van der Waals surface area (Å²) in [5.41, 5.74) is 4.19. The fraction of sp³-hybridized carbons (Fsp3) is 0.222. The normalized spacial score (nSPS) is 12.6. The smallest absolute Gasteiger partial charge is 0.239 e. The second kappa shape index (κ2) is 6.69. The summed E-state index contributed by atoms with van der Waals surface area (Å²) in [5, 5.41) is 15.4. The molecule has 1 N–H and O–H groups in total. The van der Waals surface area contributed by atoms with Gasteiger partial charge in [-0.3, -0.25) is 9.20 Å². The van der Waals surface area contributed by atoms with Crippen LogP contribution in [0.5, 0.6) is 0 Å². The van der Waals surface area contributed by atoms with E-state index in [4.69, 9.17) is 0 Å². The Labute approximate surface area is 158 Å². The molecule has 132 valence electrons. The average Bonchev–Trinajstić information content (AvgIpc) is 3.25. The molecule has 0 fully saturated rings. The van der Waals surface area contributed by atoms with Crippen LogP contribution < -0.4 is 5.32 Å². The van der Waals surface area contributed by atoms with Crippen molar-refractivity contribution in [2.45, 2.75) is 31.2 Å². The number of carbonyl (C=O) groups excluding carboxylic acids is 1. The number of hydrogen-bond donors (Lipinski definition) is 1. The molecule has 0 saturated heterocycles. The number of nitrogens with zero attached hydrogens (tertiary/aromatic N) is 4. The summed E-state index contributed by atoms with van der Waals surface area (Å²) < 4.78 is 2.04. The van der Waals surface area contributed by atoms with Crippen LogP contribution in [0.4, 0.5) is 5.13 Å². The Morgan fingerprint density at radius 3 is 2.88 bits per heavy atom. The number of aryl methyl sites for hydroxylation is 2. The van der Waals surface area contributed by atoms with Crippen molar-refractivity contribution in [3.05, 3.63) is 47.0 Å². The van der Waals surface area contributed by atoms with Crippen LogP contribution in [-0.4, -0.2) is 30.7 Å². The fourth-order valence-electron chi connectivity index (χ4n) is 2.91. The van der Waals surface area contributed by atoms with Gasteiger partial charge in [-0.1, -0.05) is 30.0 Å². The Hall–Kier alpha value is -2.45. The van der Waals surface area contributed by atoms with E-state index in [1.54, 1.807) is 6.20 Å². The van der Waals surface area contributed by atoms with Gasteiger partial charge in [-0.25, -0.2) is 4.98 Å². The van der Waals surface area contributed by atoms with Gasteiger partial charge in [-0.15, -0.1) is 21.5 Å². The maximum absolute atomic E-state index is 12.4. The number of thiazole rings is 1. The molecule has 4 rings (SSSR count). The number of pyridine rings is 1. The van der Waals surface area contributed by atoms with Crippen molar-refractivity contribution in [2.75, 3.05) is 5.32 Å². The van der Waals surface area contributed by atoms with Crippen LogP contribution in [0.15, 0.2) is 41.0 Å². The van der Waals surface area contributed by atoms with Crippen molar-refractivity contribution in [2.24, 2.45) is 0 Å². The van der Waals surface area contributed by atoms with Gasteiger partial charge in [0.2, 0.25) is 5.91 Å². The highest BCUT2D eigenvalue weighted by Gasteiger charge is 2.20. The van der Waals surface area contributed by atoms with E-state index in [1.165, 1.54) is 28.5 Å². The summed E-state index contributed by atoms with van der Waals surface area (Å²) in [6.07, 6.45) is 1.67. The lowest BCUT2D eigenvalue weighted by Gasteiger charge is -2.12. The van der Waals surface area contributed by atoms with E-state index in [-0.39, 0.29) is 11.2 Å². The Morgan fingerprint density at radius 1 is 1.27 bits per heavy atom. The average molecular weight is 384 g/mol. The first-order valence-corrected chi connectivity index (χ1v) is 9.91. The number of thioether (sulfide) groups is 1. The summed E-state index contributed by atoms with van der Waals surface area (Å²) in [6, 6.07) is 8.26. The minimum absolute atomic E-state index is 0.102. The van der Waals surface area contributed by atoms with Crippen LogP contribution in [0, 0.1) is 13.8 Å². The number of hydrogen-bond acceptors (Lipinski definition) is 6. The molecule has 0 saturated carbocycles. The summed E-state index contributed by atoms with van der Waals surface area (Å²) in [7, 11) is 0. The third-order valence-electron chi connectivity index (χ3n) is 4.20. The fourth-order valence-corrected chi connectivity index (χ4v) is 4.30. The first kappa shape index (κ1) is 17.0. The maximum Gasteiger partial charge on any atom is 0.239 e. The predicted molar refractivity (Wildman–Crippen MR) is 106 cm³/mol. The van der Waals surface area contributed by atoms with Crippen LogP contribution in [0.25, 0.3) is 16.6 Å². The minimum Gasteiger partial charge on any atom is -0.301 e. The molecule has 3 aromatic heterocycles. The number of fused-ring (bicyclic) bond motifs is 3. The SMILES string of the molecule is Cc1cc2nnc(SC(C)C(=O)Nc3nccs3)n2c2c(C)cccc12. The van der Waals surface area contributed by atoms with Gasteiger partial charge in [0.25, 0.3) is 0 Å². The molecule has 1 aromatic carbocycles. The van der Waals surface area contributed by atoms with Gasteiger partial charge in [0, 0.05) is 17.0 Å². The number of amides is 1. The maximum atomic E-state index is 12.4. The highest BCUT2D eigenvalue weighted by Crippen LogP contribution is 2.30. The summed E-state index contributed by atoms with van der Waals surface area (Å²) in [4.78, 5) is 16.5. The number of carbonyl (C=O) groups is 1. The highest BCUT2D eigenvalue weighted by atomic mass is 32.2. The zero-order valence-electron chi connectivity index (χ0n) is 14.6. The predicted octanol–water partition coefficient (Wildman–Crippen LogP) is 4.08. The molecule has 4 aromatic rings. The van der Waals surface area contributed by atoms with E-state index in [0.29, 0.717) is 10.3 Å². The summed E-state index contributed by atoms with van der Waals surface area (Å²) >= 11 is 2.79. The van der Waals surface area contributed by atoms with Gasteiger partial charge in [0.1, 0.15) is 0 Å². The number of para-hydroxylation sites is 1. The molecule has 1 atom stereocenters. The van der Waals surface area contributed by atoms with E-state index < -0.39 is 0 Å². The Morgan fingerprint density at radius 2 is 2.12 bits per heavy atom. The molecule has 6 nitrogen and oxygen atoms in total. The molecule has 1 amide bonds. The van der Waals surface area contributed by atoms with E-state index >= 15 is 0 Å². The Kier molecular flexibility index (Phi) is 4.37. The van der Waals surface area contributed by atoms with Crippen molar-refractivity contribution in [1.82, 2.24) is 19.6 Å². The molecule has 0 bridgehead atoms. The second-order valence-corrected chi connectivity index (χ2v) is 8.26. The standard InChI is InChI=1S/C18H17N5OS2/c1-10-5-4-6-13-11(2)9-14-21-22-18(23(14)15(10)13)26-12(3)16(24)20-17-19-7-8-25-17/h4-9,12H,1-3H3,(H,19,20,24). The lowest BCUT2D eigenvalue weighted by atomic mass is 10.1. The molecule has 0 spiro atoms. The molecule has 26 heavy (non-hydrogen) atoms. The first-order chi connectivity index (χ1) is 12.5. The van der Waals surface area contributed by atoms with Crippen molar-refractivity contribution < 1.29 is 4.79 Å². The number of benzene rings is 1. The van der Waals surface area contributed by atoms with Gasteiger partial charge in [-0.2, -0.15) is 0 Å². The molecule has 8 heteroatoms. The van der Waals surface area contributed by atoms with Crippen molar-refractivity contribution in [3.63, 3.8) is 0 Å². The van der Waals surface area contributed by atoms with E-state index in [1.807, 2.05) is 22.8 Å². The number of rotatable bonds is 4. The topological polar surface area (TPSA) is 72.2 Å². The first-order valence-electron chi connectivity index (χ1n) is 8.15. The van der Waals surface area contributed by atoms with Crippen LogP contribution >= 0.6 is 23.1 Å². The van der Waals surface area contributed by atoms with Crippen LogP contribution in [0.2, 0.25) is 0 Å². The molecular formula is C18H17N5OS2. The van der Waals surface area contributed by atoms with Gasteiger partial charge in [0.05, 0.1) is 10.8 Å². The zero-order valence-corrected chi connectivity index (χ0v) is 16.2. The molecule has 0 aliphatic rings. The monoisotopic (exact) mass is 383 g/mol. The summed E-state index contributed by atoms with van der Waals surface area (Å²) in [5.74, 6) is -0.102. The van der Waals surface area contributed by atoms with Crippen molar-refractivity contribution >= 4 is 50.7 Å². The van der Waals surface area contributed by atoms with Gasteiger partial charge >= 0.3 is 0 Å². The Bertz CT molecular complexity index is 1100. The molecule has 0 aliphatic heterocycles. The third-order valence-corrected chi connectivity index (χ3v) is 5.94. The van der Waals surface area contributed by atoms with Crippen molar-refractivity contribution in [3.8, 4) is 0 Å². The van der Waals surface area contributed by atoms with E-state index in [9.17, 15) is 4.79 Å². The third kappa shape index (κ3) is 2.95. The quantitative estimate of drug-likeness (QED) is 0.538. The number of anilines is 1. The van der Waals surface area contributed by atoms with E-state index in [2.05, 4.69) is 52.5 Å². The molecular weight excluding hydrogens is 366 g/mol. The number of aromatic nitrogens is 4. The molecule has 0 aliphatic carbocycles. The van der Waals surface area contributed by atoms with Crippen molar-refractivity contribution in [1.29, 1.82) is 0 Å². The molecule has 1 unspecified atom stereocenters.